The highest BCUT2D eigenvalue weighted by Gasteiger charge is 2.33. The smallest absolute Gasteiger partial charge is 0.425 e. The van der Waals surface area contributed by atoms with Crippen LogP contribution in [0.2, 0.25) is 0 Å². The van der Waals surface area contributed by atoms with Gasteiger partial charge in [-0.05, 0) is 65.3 Å². The molecule has 0 fully saturated rings. The number of carbonyl (C=O) groups is 2. The van der Waals surface area contributed by atoms with E-state index in [1.54, 1.807) is 71.9 Å². The zero-order valence-electron chi connectivity index (χ0n) is 20.6. The van der Waals surface area contributed by atoms with Crippen LogP contribution in [0, 0.1) is 5.82 Å². The van der Waals surface area contributed by atoms with Crippen LogP contribution in [0.4, 0.5) is 25.5 Å². The third-order valence-electron chi connectivity index (χ3n) is 4.54. The van der Waals surface area contributed by atoms with Crippen LogP contribution in [0.3, 0.4) is 0 Å². The quantitative estimate of drug-likeness (QED) is 0.444. The van der Waals surface area contributed by atoms with Crippen molar-refractivity contribution in [3.63, 3.8) is 0 Å². The molecule has 184 valence electrons. The summed E-state index contributed by atoms with van der Waals surface area (Å²) in [5, 5.41) is 0. The van der Waals surface area contributed by atoms with Gasteiger partial charge in [-0.3, -0.25) is 4.98 Å². The van der Waals surface area contributed by atoms with Crippen molar-refractivity contribution in [2.75, 3.05) is 10.6 Å². The summed E-state index contributed by atoms with van der Waals surface area (Å²) in [6.45, 7) is 10.0. The first-order valence-electron chi connectivity index (χ1n) is 11.0. The van der Waals surface area contributed by atoms with Crippen molar-refractivity contribution < 1.29 is 23.5 Å². The minimum Gasteiger partial charge on any atom is -0.443 e. The van der Waals surface area contributed by atoms with E-state index in [2.05, 4.69) is 9.97 Å². The van der Waals surface area contributed by atoms with Gasteiger partial charge in [0.25, 0.3) is 0 Å². The summed E-state index contributed by atoms with van der Waals surface area (Å²) in [6, 6.07) is 11.8. The van der Waals surface area contributed by atoms with Crippen LogP contribution < -0.4 is 10.6 Å². The summed E-state index contributed by atoms with van der Waals surface area (Å²) >= 11 is 0. The first kappa shape index (κ1) is 25.6. The SMILES string of the molecule is CC(C)(C)OC(=O)N(C(=O)OC(C)(C)C)c1cnc(-c2ccc(-c3ccccc3N)cc2F)cn1. The summed E-state index contributed by atoms with van der Waals surface area (Å²) in [7, 11) is 0. The van der Waals surface area contributed by atoms with Crippen LogP contribution in [0.25, 0.3) is 22.4 Å². The molecule has 8 nitrogen and oxygen atoms in total. The van der Waals surface area contributed by atoms with Crippen molar-refractivity contribution in [3.8, 4) is 22.4 Å². The van der Waals surface area contributed by atoms with Crippen molar-refractivity contribution in [1.82, 2.24) is 9.97 Å². The first-order chi connectivity index (χ1) is 16.2. The number of carbonyl (C=O) groups excluding carboxylic acids is 2. The third-order valence-corrected chi connectivity index (χ3v) is 4.54. The van der Waals surface area contributed by atoms with E-state index in [9.17, 15) is 14.0 Å². The number of amides is 2. The molecule has 0 aliphatic rings. The van der Waals surface area contributed by atoms with Gasteiger partial charge in [0.05, 0.1) is 18.1 Å². The second-order valence-electron chi connectivity index (χ2n) is 9.84. The first-order valence-corrected chi connectivity index (χ1v) is 11.0. The molecule has 3 aromatic rings. The molecule has 35 heavy (non-hydrogen) atoms. The zero-order chi connectivity index (χ0) is 26.0. The van der Waals surface area contributed by atoms with E-state index >= 15 is 0 Å². The molecule has 0 aliphatic heterocycles. The molecule has 0 saturated carbocycles. The van der Waals surface area contributed by atoms with Crippen LogP contribution in [0.15, 0.2) is 54.9 Å². The van der Waals surface area contributed by atoms with Crippen molar-refractivity contribution in [3.05, 3.63) is 60.7 Å². The molecule has 1 aromatic heterocycles. The number of imide groups is 1. The largest absolute Gasteiger partial charge is 0.443 e. The maximum atomic E-state index is 15.0. The van der Waals surface area contributed by atoms with Gasteiger partial charge >= 0.3 is 12.2 Å². The Hall–Kier alpha value is -4.01. The number of nitrogen functional groups attached to an aromatic ring is 1. The molecule has 2 amide bonds. The molecular weight excluding hydrogens is 451 g/mol. The Morgan fingerprint density at radius 1 is 0.857 bits per heavy atom. The van der Waals surface area contributed by atoms with Crippen molar-refractivity contribution in [1.29, 1.82) is 0 Å². The molecule has 0 unspecified atom stereocenters. The number of aromatic nitrogens is 2. The topological polar surface area (TPSA) is 108 Å². The van der Waals surface area contributed by atoms with Crippen LogP contribution in [0.5, 0.6) is 0 Å². The zero-order valence-corrected chi connectivity index (χ0v) is 20.6. The van der Waals surface area contributed by atoms with Crippen LogP contribution >= 0.6 is 0 Å². The van der Waals surface area contributed by atoms with E-state index in [0.29, 0.717) is 21.7 Å². The Labute approximate surface area is 203 Å². The Bertz CT molecular complexity index is 1200. The van der Waals surface area contributed by atoms with Gasteiger partial charge in [-0.15, -0.1) is 0 Å². The molecule has 2 aromatic carbocycles. The Kier molecular flexibility index (Phi) is 7.09. The second kappa shape index (κ2) is 9.69. The van der Waals surface area contributed by atoms with Gasteiger partial charge in [0.2, 0.25) is 0 Å². The maximum Gasteiger partial charge on any atom is 0.425 e. The monoisotopic (exact) mass is 480 g/mol. The Morgan fingerprint density at radius 3 is 1.94 bits per heavy atom. The van der Waals surface area contributed by atoms with Gasteiger partial charge in [-0.2, -0.15) is 4.90 Å². The summed E-state index contributed by atoms with van der Waals surface area (Å²) in [5.74, 6) is -0.643. The van der Waals surface area contributed by atoms with E-state index in [4.69, 9.17) is 15.2 Å². The van der Waals surface area contributed by atoms with E-state index in [1.165, 1.54) is 18.5 Å². The van der Waals surface area contributed by atoms with Gasteiger partial charge in [0.1, 0.15) is 17.0 Å². The fourth-order valence-corrected chi connectivity index (χ4v) is 3.10. The molecular formula is C26H29FN4O4. The van der Waals surface area contributed by atoms with E-state index < -0.39 is 29.2 Å². The summed E-state index contributed by atoms with van der Waals surface area (Å²) in [6.07, 6.45) is 0.521. The lowest BCUT2D eigenvalue weighted by atomic mass is 10.0. The number of halogens is 1. The lowest BCUT2D eigenvalue weighted by Crippen LogP contribution is -2.44. The van der Waals surface area contributed by atoms with Crippen molar-refractivity contribution in [2.45, 2.75) is 52.7 Å². The van der Waals surface area contributed by atoms with Crippen LogP contribution in [-0.4, -0.2) is 33.4 Å². The number of anilines is 2. The molecule has 9 heteroatoms. The van der Waals surface area contributed by atoms with Crippen LogP contribution in [0.1, 0.15) is 41.5 Å². The van der Waals surface area contributed by atoms with E-state index in [-0.39, 0.29) is 17.1 Å². The molecule has 0 aliphatic carbocycles. The number of nitrogens with zero attached hydrogens (tertiary/aromatic N) is 3. The van der Waals surface area contributed by atoms with E-state index in [0.717, 1.165) is 0 Å². The number of rotatable bonds is 3. The van der Waals surface area contributed by atoms with Gasteiger partial charge in [-0.25, -0.2) is 19.0 Å². The Balaban J connectivity index is 1.93. The molecule has 0 radical (unpaired) electrons. The molecule has 0 atom stereocenters. The van der Waals surface area contributed by atoms with Crippen molar-refractivity contribution in [2.24, 2.45) is 0 Å². The molecule has 0 bridgehead atoms. The molecule has 1 heterocycles. The summed E-state index contributed by atoms with van der Waals surface area (Å²) in [5.41, 5.74) is 6.55. The molecule has 2 N–H and O–H groups in total. The van der Waals surface area contributed by atoms with Gasteiger partial charge in [-0.1, -0.05) is 24.3 Å². The van der Waals surface area contributed by atoms with Gasteiger partial charge in [0, 0.05) is 16.8 Å². The standard InChI is InChI=1S/C26H29FN4O4/c1-25(2,3)34-23(32)31(24(33)35-26(4,5)6)22-15-29-21(14-30-22)18-12-11-16(13-19(18)27)17-9-7-8-10-20(17)28/h7-15H,28H2,1-6H3. The lowest BCUT2D eigenvalue weighted by Gasteiger charge is -2.27. The fourth-order valence-electron chi connectivity index (χ4n) is 3.10. The fraction of sp³-hybridized carbons (Fsp3) is 0.308. The summed E-state index contributed by atoms with van der Waals surface area (Å²) in [4.78, 5) is 34.6. The number of benzene rings is 2. The highest BCUT2D eigenvalue weighted by Crippen LogP contribution is 2.30. The average Bonchev–Trinajstić information content (AvgIpc) is 2.72. The molecule has 0 spiro atoms. The second-order valence-corrected chi connectivity index (χ2v) is 9.84. The Morgan fingerprint density at radius 2 is 1.46 bits per heavy atom. The average molecular weight is 481 g/mol. The van der Waals surface area contributed by atoms with Crippen molar-refractivity contribution >= 4 is 23.7 Å². The predicted molar refractivity (Wildman–Crippen MR) is 132 cm³/mol. The normalized spacial score (nSPS) is 11.6. The third kappa shape index (κ3) is 6.53. The van der Waals surface area contributed by atoms with Gasteiger partial charge < -0.3 is 15.2 Å². The highest BCUT2D eigenvalue weighted by atomic mass is 19.1. The summed E-state index contributed by atoms with van der Waals surface area (Å²) < 4.78 is 25.6. The predicted octanol–water partition coefficient (Wildman–Crippen LogP) is 6.21. The number of para-hydroxylation sites is 1. The number of hydrogen-bond acceptors (Lipinski definition) is 7. The number of ether oxygens (including phenoxy) is 2. The molecule has 0 saturated heterocycles. The van der Waals surface area contributed by atoms with Crippen LogP contribution in [-0.2, 0) is 9.47 Å². The minimum absolute atomic E-state index is 0.119. The number of hydrogen-bond donors (Lipinski definition) is 1. The minimum atomic E-state index is -0.968. The molecule has 3 rings (SSSR count). The van der Waals surface area contributed by atoms with Gasteiger partial charge in [0.15, 0.2) is 5.82 Å². The maximum absolute atomic E-state index is 15.0. The number of nitrogens with two attached hydrogens (primary N) is 1. The van der Waals surface area contributed by atoms with E-state index in [1.807, 2.05) is 6.07 Å². The lowest BCUT2D eigenvalue weighted by molar-refractivity contribution is 0.0429. The highest BCUT2D eigenvalue weighted by molar-refractivity contribution is 6.08.